The van der Waals surface area contributed by atoms with Gasteiger partial charge in [0, 0.05) is 29.9 Å². The maximum atomic E-state index is 11.6. The lowest BCUT2D eigenvalue weighted by Gasteiger charge is -2.00. The highest BCUT2D eigenvalue weighted by atomic mass is 16.1. The summed E-state index contributed by atoms with van der Waals surface area (Å²) in [6.45, 7) is 2.12. The van der Waals surface area contributed by atoms with Crippen LogP contribution in [0.1, 0.15) is 44.6 Å². The highest BCUT2D eigenvalue weighted by Gasteiger charge is 2.05. The molecule has 0 spiro atoms. The summed E-state index contributed by atoms with van der Waals surface area (Å²) in [7, 11) is 0. The maximum Gasteiger partial charge on any atom is 0.132 e. The van der Waals surface area contributed by atoms with Gasteiger partial charge >= 0.3 is 0 Å². The molecule has 2 nitrogen and oxygen atoms in total. The van der Waals surface area contributed by atoms with Crippen LogP contribution in [0.4, 0.5) is 0 Å². The summed E-state index contributed by atoms with van der Waals surface area (Å²) in [5, 5.41) is 1.29. The molecule has 0 amide bonds. The van der Waals surface area contributed by atoms with Gasteiger partial charge in [0.15, 0.2) is 0 Å². The first-order chi connectivity index (χ1) is 8.81. The molecule has 0 bridgehead atoms. The van der Waals surface area contributed by atoms with Gasteiger partial charge in [0.1, 0.15) is 5.78 Å². The van der Waals surface area contributed by atoms with Crippen molar-refractivity contribution in [2.75, 3.05) is 0 Å². The molecular weight excluding hydrogens is 222 g/mol. The van der Waals surface area contributed by atoms with Crippen LogP contribution < -0.4 is 0 Å². The lowest BCUT2D eigenvalue weighted by Crippen LogP contribution is -1.98. The molecule has 96 valence electrons. The predicted molar refractivity (Wildman–Crippen MR) is 75.8 cm³/mol. The van der Waals surface area contributed by atoms with Gasteiger partial charge in [0.25, 0.3) is 0 Å². The summed E-state index contributed by atoms with van der Waals surface area (Å²) in [5.41, 5.74) is 2.51. The van der Waals surface area contributed by atoms with E-state index in [1.165, 1.54) is 16.5 Å². The Bertz CT molecular complexity index is 513. The predicted octanol–water partition coefficient (Wildman–Crippen LogP) is 4.25. The first-order valence-corrected chi connectivity index (χ1v) is 6.88. The van der Waals surface area contributed by atoms with Gasteiger partial charge in [0.2, 0.25) is 0 Å². The third-order valence-electron chi connectivity index (χ3n) is 3.39. The Labute approximate surface area is 108 Å². The highest BCUT2D eigenvalue weighted by Crippen LogP contribution is 2.19. The Balaban J connectivity index is 1.85. The average Bonchev–Trinajstić information content (AvgIpc) is 2.80. The van der Waals surface area contributed by atoms with E-state index in [2.05, 4.69) is 36.3 Å². The monoisotopic (exact) mass is 243 g/mol. The van der Waals surface area contributed by atoms with Crippen LogP contribution >= 0.6 is 0 Å². The van der Waals surface area contributed by atoms with E-state index < -0.39 is 0 Å². The van der Waals surface area contributed by atoms with Crippen molar-refractivity contribution < 1.29 is 4.79 Å². The van der Waals surface area contributed by atoms with Crippen LogP contribution in [0.3, 0.4) is 0 Å². The Hall–Kier alpha value is -1.57. The molecule has 0 aliphatic rings. The zero-order valence-electron chi connectivity index (χ0n) is 11.0. The number of carbonyl (C=O) groups excluding carboxylic acids is 1. The minimum atomic E-state index is 0.414. The molecule has 0 aliphatic heterocycles. The van der Waals surface area contributed by atoms with Crippen molar-refractivity contribution in [2.45, 2.75) is 45.4 Å². The Kier molecular flexibility index (Phi) is 4.57. The fourth-order valence-electron chi connectivity index (χ4n) is 2.31. The van der Waals surface area contributed by atoms with E-state index in [0.29, 0.717) is 5.78 Å². The number of rotatable bonds is 7. The molecule has 0 unspecified atom stereocenters. The Morgan fingerprint density at radius 3 is 2.78 bits per heavy atom. The molecular formula is C16H21NO. The third kappa shape index (κ3) is 3.22. The van der Waals surface area contributed by atoms with Crippen molar-refractivity contribution in [1.29, 1.82) is 0 Å². The number of benzene rings is 1. The van der Waals surface area contributed by atoms with Crippen molar-refractivity contribution in [3.8, 4) is 0 Å². The van der Waals surface area contributed by atoms with Crippen molar-refractivity contribution in [3.63, 3.8) is 0 Å². The van der Waals surface area contributed by atoms with E-state index in [-0.39, 0.29) is 0 Å². The lowest BCUT2D eigenvalue weighted by molar-refractivity contribution is -0.119. The van der Waals surface area contributed by atoms with Crippen molar-refractivity contribution in [3.05, 3.63) is 36.0 Å². The molecule has 1 aromatic heterocycles. The smallest absolute Gasteiger partial charge is 0.132 e. The molecule has 2 heteroatoms. The molecule has 2 aromatic rings. The molecule has 0 atom stereocenters. The first kappa shape index (κ1) is 12.9. The van der Waals surface area contributed by atoms with Crippen molar-refractivity contribution >= 4 is 16.7 Å². The molecule has 1 N–H and O–H groups in total. The summed E-state index contributed by atoms with van der Waals surface area (Å²) < 4.78 is 0. The molecule has 1 aromatic carbocycles. The summed E-state index contributed by atoms with van der Waals surface area (Å²) in [6.07, 6.45) is 7.64. The van der Waals surface area contributed by atoms with E-state index in [1.807, 2.05) is 6.07 Å². The van der Waals surface area contributed by atoms with E-state index in [9.17, 15) is 4.79 Å². The largest absolute Gasteiger partial charge is 0.361 e. The van der Waals surface area contributed by atoms with Gasteiger partial charge in [-0.1, -0.05) is 31.5 Å². The molecule has 0 saturated carbocycles. The minimum absolute atomic E-state index is 0.414. The van der Waals surface area contributed by atoms with E-state index >= 15 is 0 Å². The quantitative estimate of drug-likeness (QED) is 0.774. The standard InChI is InChI=1S/C16H21NO/c1-2-3-8-14(18)9-6-7-13-12-17-16-11-5-4-10-15(13)16/h4-5,10-12,17H,2-3,6-9H2,1H3. The van der Waals surface area contributed by atoms with Gasteiger partial charge in [0.05, 0.1) is 0 Å². The second-order valence-electron chi connectivity index (χ2n) is 4.86. The van der Waals surface area contributed by atoms with Crippen LogP contribution in [0.15, 0.2) is 30.5 Å². The fourth-order valence-corrected chi connectivity index (χ4v) is 2.31. The van der Waals surface area contributed by atoms with Gasteiger partial charge in [-0.3, -0.25) is 4.79 Å². The molecule has 2 rings (SSSR count). The van der Waals surface area contributed by atoms with Crippen LogP contribution in [0.5, 0.6) is 0 Å². The number of ketones is 1. The number of hydrogen-bond donors (Lipinski definition) is 1. The molecule has 18 heavy (non-hydrogen) atoms. The number of nitrogens with one attached hydrogen (secondary N) is 1. The molecule has 1 heterocycles. The minimum Gasteiger partial charge on any atom is -0.361 e. The fraction of sp³-hybridized carbons (Fsp3) is 0.438. The van der Waals surface area contributed by atoms with Gasteiger partial charge in [-0.05, 0) is 30.9 Å². The number of aryl methyl sites for hydroxylation is 1. The maximum absolute atomic E-state index is 11.6. The number of aromatic nitrogens is 1. The SMILES string of the molecule is CCCCC(=O)CCCc1c[nH]c2ccccc12. The lowest BCUT2D eigenvalue weighted by atomic mass is 10.0. The van der Waals surface area contributed by atoms with Crippen molar-refractivity contribution in [1.82, 2.24) is 4.98 Å². The number of fused-ring (bicyclic) bond motifs is 1. The number of aromatic amines is 1. The zero-order valence-corrected chi connectivity index (χ0v) is 11.0. The van der Waals surface area contributed by atoms with Crippen molar-refractivity contribution in [2.24, 2.45) is 0 Å². The second kappa shape index (κ2) is 6.39. The van der Waals surface area contributed by atoms with E-state index in [1.54, 1.807) is 0 Å². The molecule has 0 fully saturated rings. The van der Waals surface area contributed by atoms with Crippen LogP contribution in [0.2, 0.25) is 0 Å². The first-order valence-electron chi connectivity index (χ1n) is 6.88. The average molecular weight is 243 g/mol. The summed E-state index contributed by atoms with van der Waals surface area (Å²) in [4.78, 5) is 14.9. The Morgan fingerprint density at radius 1 is 1.17 bits per heavy atom. The van der Waals surface area contributed by atoms with E-state index in [4.69, 9.17) is 0 Å². The topological polar surface area (TPSA) is 32.9 Å². The Morgan fingerprint density at radius 2 is 1.94 bits per heavy atom. The van der Waals surface area contributed by atoms with Gasteiger partial charge in [-0.25, -0.2) is 0 Å². The second-order valence-corrected chi connectivity index (χ2v) is 4.86. The number of unbranched alkanes of at least 4 members (excludes halogenated alkanes) is 1. The van der Waals surface area contributed by atoms with E-state index in [0.717, 1.165) is 38.5 Å². The van der Waals surface area contributed by atoms with Crippen LogP contribution in [-0.4, -0.2) is 10.8 Å². The third-order valence-corrected chi connectivity index (χ3v) is 3.39. The molecule has 0 saturated heterocycles. The van der Waals surface area contributed by atoms with Crippen LogP contribution in [-0.2, 0) is 11.2 Å². The number of H-pyrrole nitrogens is 1. The van der Waals surface area contributed by atoms with Gasteiger partial charge < -0.3 is 4.98 Å². The number of hydrogen-bond acceptors (Lipinski definition) is 1. The summed E-state index contributed by atoms with van der Waals surface area (Å²) >= 11 is 0. The van der Waals surface area contributed by atoms with Gasteiger partial charge in [-0.15, -0.1) is 0 Å². The summed E-state index contributed by atoms with van der Waals surface area (Å²) in [5.74, 6) is 0.414. The zero-order chi connectivity index (χ0) is 12.8. The number of carbonyl (C=O) groups is 1. The van der Waals surface area contributed by atoms with Gasteiger partial charge in [-0.2, -0.15) is 0 Å². The van der Waals surface area contributed by atoms with Crippen LogP contribution in [0, 0.1) is 0 Å². The molecule has 0 radical (unpaired) electrons. The number of para-hydroxylation sites is 1. The van der Waals surface area contributed by atoms with Crippen LogP contribution in [0.25, 0.3) is 10.9 Å². The normalized spacial score (nSPS) is 10.9. The number of Topliss-reactive ketones (excluding diaryl/α,β-unsaturated/α-hetero) is 1. The molecule has 0 aliphatic carbocycles. The summed E-state index contributed by atoms with van der Waals surface area (Å²) in [6, 6.07) is 8.33. The highest BCUT2D eigenvalue weighted by molar-refractivity contribution is 5.83.